The van der Waals surface area contributed by atoms with Crippen molar-refractivity contribution in [3.05, 3.63) is 23.5 Å². The highest BCUT2D eigenvalue weighted by Crippen LogP contribution is 2.27. The maximum atomic E-state index is 13.7. The number of nitrogens with two attached hydrogens (primary N) is 2. The predicted molar refractivity (Wildman–Crippen MR) is 60.8 cm³/mol. The summed E-state index contributed by atoms with van der Waals surface area (Å²) in [7, 11) is 0. The van der Waals surface area contributed by atoms with Gasteiger partial charge in [0.05, 0.1) is 11.3 Å². The fraction of sp³-hybridized carbons (Fsp3) is 0.364. The van der Waals surface area contributed by atoms with Crippen molar-refractivity contribution in [1.82, 2.24) is 0 Å². The van der Waals surface area contributed by atoms with Crippen molar-refractivity contribution >= 4 is 17.3 Å². The van der Waals surface area contributed by atoms with E-state index in [-0.39, 0.29) is 11.3 Å². The largest absolute Gasteiger partial charge is 0.398 e. The Morgan fingerprint density at radius 1 is 1.31 bits per heavy atom. The summed E-state index contributed by atoms with van der Waals surface area (Å²) in [5, 5.41) is 0. The maximum absolute atomic E-state index is 13.7. The van der Waals surface area contributed by atoms with Crippen LogP contribution in [0.2, 0.25) is 0 Å². The lowest BCUT2D eigenvalue weighted by molar-refractivity contribution is 0.100. The van der Waals surface area contributed by atoms with Gasteiger partial charge in [0.2, 0.25) is 0 Å². The first-order valence-corrected chi connectivity index (χ1v) is 5.23. The van der Waals surface area contributed by atoms with E-state index >= 15 is 0 Å². The molecule has 0 atom stereocenters. The third-order valence-corrected chi connectivity index (χ3v) is 2.83. The van der Waals surface area contributed by atoms with Crippen LogP contribution in [0.5, 0.6) is 0 Å². The van der Waals surface area contributed by atoms with Crippen molar-refractivity contribution in [3.8, 4) is 0 Å². The van der Waals surface area contributed by atoms with E-state index in [1.807, 2.05) is 4.90 Å². The van der Waals surface area contributed by atoms with Gasteiger partial charge in [0.15, 0.2) is 0 Å². The van der Waals surface area contributed by atoms with Gasteiger partial charge in [0.25, 0.3) is 5.91 Å². The summed E-state index contributed by atoms with van der Waals surface area (Å²) in [5.41, 5.74) is 11.4. The molecule has 0 aromatic heterocycles. The molecule has 86 valence electrons. The molecule has 1 aromatic carbocycles. The van der Waals surface area contributed by atoms with Crippen LogP contribution in [0.15, 0.2) is 12.1 Å². The van der Waals surface area contributed by atoms with Crippen LogP contribution in [0.1, 0.15) is 23.2 Å². The molecular weight excluding hydrogens is 209 g/mol. The molecule has 1 fully saturated rings. The molecule has 0 radical (unpaired) electrons. The normalized spacial score (nSPS) is 15.4. The predicted octanol–water partition coefficient (Wildman–Crippen LogP) is 1.11. The quantitative estimate of drug-likeness (QED) is 0.737. The van der Waals surface area contributed by atoms with E-state index in [1.165, 1.54) is 6.07 Å². The Morgan fingerprint density at radius 2 is 1.94 bits per heavy atom. The highest BCUT2D eigenvalue weighted by molar-refractivity contribution is 5.99. The summed E-state index contributed by atoms with van der Waals surface area (Å²) in [6, 6.07) is 2.60. The molecule has 1 saturated heterocycles. The van der Waals surface area contributed by atoms with Crippen molar-refractivity contribution in [2.75, 3.05) is 23.7 Å². The monoisotopic (exact) mass is 223 g/mol. The van der Waals surface area contributed by atoms with E-state index in [1.54, 1.807) is 0 Å². The molecule has 0 spiro atoms. The molecule has 0 bridgehead atoms. The zero-order valence-corrected chi connectivity index (χ0v) is 8.87. The molecule has 1 aliphatic heterocycles. The van der Waals surface area contributed by atoms with Gasteiger partial charge < -0.3 is 16.4 Å². The molecule has 4 N–H and O–H groups in total. The minimum atomic E-state index is -0.627. The molecule has 1 aliphatic rings. The number of nitrogens with zero attached hydrogens (tertiary/aromatic N) is 1. The van der Waals surface area contributed by atoms with Crippen LogP contribution >= 0.6 is 0 Å². The number of primary amides is 1. The highest BCUT2D eigenvalue weighted by atomic mass is 19.1. The number of nitrogen functional groups attached to an aromatic ring is 1. The van der Waals surface area contributed by atoms with E-state index in [0.717, 1.165) is 32.0 Å². The van der Waals surface area contributed by atoms with Crippen molar-refractivity contribution in [3.63, 3.8) is 0 Å². The van der Waals surface area contributed by atoms with Crippen LogP contribution in [0.4, 0.5) is 15.8 Å². The summed E-state index contributed by atoms with van der Waals surface area (Å²) in [4.78, 5) is 13.0. The lowest BCUT2D eigenvalue weighted by atomic mass is 10.1. The van der Waals surface area contributed by atoms with Crippen molar-refractivity contribution < 1.29 is 9.18 Å². The highest BCUT2D eigenvalue weighted by Gasteiger charge is 2.19. The number of rotatable bonds is 2. The number of amides is 1. The van der Waals surface area contributed by atoms with E-state index in [2.05, 4.69) is 0 Å². The summed E-state index contributed by atoms with van der Waals surface area (Å²) < 4.78 is 13.7. The zero-order valence-electron chi connectivity index (χ0n) is 8.87. The van der Waals surface area contributed by atoms with Gasteiger partial charge in [-0.15, -0.1) is 0 Å². The number of anilines is 2. The van der Waals surface area contributed by atoms with Crippen LogP contribution in [0, 0.1) is 5.82 Å². The molecule has 0 saturated carbocycles. The summed E-state index contributed by atoms with van der Waals surface area (Å²) in [6.45, 7) is 1.61. The van der Waals surface area contributed by atoms with Crippen molar-refractivity contribution in [1.29, 1.82) is 0 Å². The number of hydrogen-bond donors (Lipinski definition) is 2. The van der Waals surface area contributed by atoms with Crippen molar-refractivity contribution in [2.45, 2.75) is 12.8 Å². The zero-order chi connectivity index (χ0) is 11.7. The third-order valence-electron chi connectivity index (χ3n) is 2.83. The molecule has 2 rings (SSSR count). The van der Waals surface area contributed by atoms with E-state index in [4.69, 9.17) is 11.5 Å². The molecule has 0 unspecified atom stereocenters. The van der Waals surface area contributed by atoms with Crippen LogP contribution in [0.25, 0.3) is 0 Å². The minimum absolute atomic E-state index is 0.0907. The number of benzene rings is 1. The van der Waals surface area contributed by atoms with E-state index < -0.39 is 11.7 Å². The Morgan fingerprint density at radius 3 is 2.50 bits per heavy atom. The van der Waals surface area contributed by atoms with Gasteiger partial charge in [-0.2, -0.15) is 0 Å². The molecule has 5 heteroatoms. The van der Waals surface area contributed by atoms with Crippen LogP contribution < -0.4 is 16.4 Å². The molecule has 0 aliphatic carbocycles. The molecule has 16 heavy (non-hydrogen) atoms. The maximum Gasteiger partial charge on any atom is 0.250 e. The molecule has 1 heterocycles. The number of carbonyl (C=O) groups is 1. The number of hydrogen-bond acceptors (Lipinski definition) is 3. The fourth-order valence-electron chi connectivity index (χ4n) is 1.99. The number of halogens is 1. The first kappa shape index (κ1) is 10.7. The van der Waals surface area contributed by atoms with Crippen molar-refractivity contribution in [2.24, 2.45) is 5.73 Å². The average Bonchev–Trinajstić information content (AvgIpc) is 2.70. The summed E-state index contributed by atoms with van der Waals surface area (Å²) >= 11 is 0. The Labute approximate surface area is 93.0 Å². The lowest BCUT2D eigenvalue weighted by Gasteiger charge is -2.19. The van der Waals surface area contributed by atoms with Gasteiger partial charge in [0.1, 0.15) is 5.82 Å². The second-order valence-electron chi connectivity index (χ2n) is 3.95. The van der Waals surface area contributed by atoms with Gasteiger partial charge in [-0.3, -0.25) is 4.79 Å². The van der Waals surface area contributed by atoms with Crippen LogP contribution in [-0.2, 0) is 0 Å². The van der Waals surface area contributed by atoms with Crippen LogP contribution in [-0.4, -0.2) is 19.0 Å². The Kier molecular flexibility index (Phi) is 2.68. The number of carbonyl (C=O) groups excluding carboxylic acids is 1. The topological polar surface area (TPSA) is 72.4 Å². The first-order valence-electron chi connectivity index (χ1n) is 5.23. The minimum Gasteiger partial charge on any atom is -0.398 e. The molecule has 1 aromatic rings. The average molecular weight is 223 g/mol. The second-order valence-corrected chi connectivity index (χ2v) is 3.95. The summed E-state index contributed by atoms with van der Waals surface area (Å²) in [5.74, 6) is -1.03. The second kappa shape index (κ2) is 4.00. The first-order chi connectivity index (χ1) is 7.59. The fourth-order valence-corrected chi connectivity index (χ4v) is 1.99. The summed E-state index contributed by atoms with van der Waals surface area (Å²) in [6.07, 6.45) is 2.07. The van der Waals surface area contributed by atoms with Gasteiger partial charge in [-0.1, -0.05) is 0 Å². The standard InChI is InChI=1S/C11H14FN3O/c12-8-6-9(13)7(11(14)16)5-10(8)15-3-1-2-4-15/h5-6H,1-4,13H2,(H2,14,16). The van der Waals surface area contributed by atoms with Gasteiger partial charge in [-0.05, 0) is 25.0 Å². The van der Waals surface area contributed by atoms with Gasteiger partial charge in [-0.25, -0.2) is 4.39 Å². The lowest BCUT2D eigenvalue weighted by Crippen LogP contribution is -2.21. The smallest absolute Gasteiger partial charge is 0.250 e. The Bertz CT molecular complexity index is 427. The van der Waals surface area contributed by atoms with E-state index in [0.29, 0.717) is 5.69 Å². The molecule has 1 amide bonds. The van der Waals surface area contributed by atoms with Crippen LogP contribution in [0.3, 0.4) is 0 Å². The molecular formula is C11H14FN3O. The van der Waals surface area contributed by atoms with E-state index in [9.17, 15) is 9.18 Å². The van der Waals surface area contributed by atoms with Gasteiger partial charge >= 0.3 is 0 Å². The Hall–Kier alpha value is -1.78. The third kappa shape index (κ3) is 1.80. The molecule has 4 nitrogen and oxygen atoms in total. The Balaban J connectivity index is 2.44. The SMILES string of the molecule is NC(=O)c1cc(N2CCCC2)c(F)cc1N. The van der Waals surface area contributed by atoms with Gasteiger partial charge in [0, 0.05) is 18.8 Å².